The minimum Gasteiger partial charge on any atom is -0.443 e. The molecule has 0 saturated carbocycles. The zero-order valence-corrected chi connectivity index (χ0v) is 7.66. The van der Waals surface area contributed by atoms with Gasteiger partial charge in [-0.3, -0.25) is 0 Å². The number of halogens is 1. The molecule has 68 valence electrons. The quantitative estimate of drug-likeness (QED) is 0.749. The third-order valence-corrected chi connectivity index (χ3v) is 2.28. The maximum atomic E-state index is 5.76. The van der Waals surface area contributed by atoms with Gasteiger partial charge in [-0.05, 0) is 17.7 Å². The summed E-state index contributed by atoms with van der Waals surface area (Å²) in [7, 11) is 0. The van der Waals surface area contributed by atoms with Gasteiger partial charge in [-0.15, -0.1) is 11.6 Å². The summed E-state index contributed by atoms with van der Waals surface area (Å²) < 4.78 is 5.14. The Morgan fingerprint density at radius 1 is 1.54 bits per heavy atom. The smallest absolute Gasteiger partial charge is 0.181 e. The minimum atomic E-state index is -0.142. The molecule has 1 aromatic carbocycles. The number of nitrogens with two attached hydrogens (primary N) is 1. The van der Waals surface area contributed by atoms with E-state index >= 15 is 0 Å². The zero-order valence-electron chi connectivity index (χ0n) is 6.90. The zero-order chi connectivity index (χ0) is 9.26. The van der Waals surface area contributed by atoms with Crippen LogP contribution in [0.5, 0.6) is 0 Å². The lowest BCUT2D eigenvalue weighted by molar-refractivity contribution is 0.601. The fraction of sp³-hybridized carbons (Fsp3) is 0.222. The minimum absolute atomic E-state index is 0.142. The molecule has 2 rings (SSSR count). The number of hydrogen-bond acceptors (Lipinski definition) is 3. The third-order valence-electron chi connectivity index (χ3n) is 1.95. The van der Waals surface area contributed by atoms with Gasteiger partial charge in [0.15, 0.2) is 12.0 Å². The van der Waals surface area contributed by atoms with Crippen molar-refractivity contribution in [3.63, 3.8) is 0 Å². The van der Waals surface area contributed by atoms with Crippen LogP contribution >= 0.6 is 11.6 Å². The maximum absolute atomic E-state index is 5.76. The van der Waals surface area contributed by atoms with Crippen molar-refractivity contribution in [2.45, 2.75) is 6.04 Å². The number of nitrogens with zero attached hydrogens (tertiary/aromatic N) is 1. The van der Waals surface area contributed by atoms with Crippen LogP contribution in [-0.2, 0) is 0 Å². The van der Waals surface area contributed by atoms with E-state index in [-0.39, 0.29) is 6.04 Å². The molecule has 1 heterocycles. The van der Waals surface area contributed by atoms with Crippen molar-refractivity contribution in [2.75, 3.05) is 5.88 Å². The number of hydrogen-bond donors (Lipinski definition) is 1. The second kappa shape index (κ2) is 3.36. The molecule has 0 aliphatic rings. The fourth-order valence-electron chi connectivity index (χ4n) is 1.19. The van der Waals surface area contributed by atoms with Crippen molar-refractivity contribution in [2.24, 2.45) is 5.73 Å². The molecule has 0 aliphatic carbocycles. The molecular formula is C9H9ClN2O. The van der Waals surface area contributed by atoms with Crippen LogP contribution in [-0.4, -0.2) is 10.9 Å². The molecule has 1 atom stereocenters. The van der Waals surface area contributed by atoms with Crippen LogP contribution in [0.3, 0.4) is 0 Å². The summed E-state index contributed by atoms with van der Waals surface area (Å²) >= 11 is 5.64. The Balaban J connectivity index is 2.48. The Morgan fingerprint density at radius 2 is 2.38 bits per heavy atom. The van der Waals surface area contributed by atoms with Crippen LogP contribution < -0.4 is 5.73 Å². The monoisotopic (exact) mass is 196 g/mol. The Kier molecular flexibility index (Phi) is 2.20. The highest BCUT2D eigenvalue weighted by atomic mass is 35.5. The van der Waals surface area contributed by atoms with Gasteiger partial charge in [0.05, 0.1) is 0 Å². The summed E-state index contributed by atoms with van der Waals surface area (Å²) in [5, 5.41) is 0. The molecule has 0 spiro atoms. The highest BCUT2D eigenvalue weighted by Gasteiger charge is 2.06. The van der Waals surface area contributed by atoms with E-state index in [2.05, 4.69) is 4.98 Å². The lowest BCUT2D eigenvalue weighted by Crippen LogP contribution is -2.11. The predicted octanol–water partition coefficient (Wildman–Crippen LogP) is 2.07. The summed E-state index contributed by atoms with van der Waals surface area (Å²) in [6.45, 7) is 0. The summed E-state index contributed by atoms with van der Waals surface area (Å²) in [6.07, 6.45) is 1.42. The van der Waals surface area contributed by atoms with E-state index in [0.29, 0.717) is 5.88 Å². The number of oxazole rings is 1. The molecule has 13 heavy (non-hydrogen) atoms. The van der Waals surface area contributed by atoms with Gasteiger partial charge in [0.1, 0.15) is 5.52 Å². The normalized spacial score (nSPS) is 13.4. The number of aromatic nitrogens is 1. The SMILES string of the molecule is NC(CCl)c1ccc2ncoc2c1. The van der Waals surface area contributed by atoms with Gasteiger partial charge in [-0.1, -0.05) is 6.07 Å². The van der Waals surface area contributed by atoms with E-state index in [4.69, 9.17) is 21.8 Å². The Labute approximate surface area is 80.5 Å². The molecule has 1 aromatic heterocycles. The maximum Gasteiger partial charge on any atom is 0.181 e. The second-order valence-corrected chi connectivity index (χ2v) is 3.15. The largest absolute Gasteiger partial charge is 0.443 e. The van der Waals surface area contributed by atoms with E-state index in [1.165, 1.54) is 6.39 Å². The van der Waals surface area contributed by atoms with Crippen molar-refractivity contribution in [3.8, 4) is 0 Å². The first-order chi connectivity index (χ1) is 6.31. The molecule has 2 N–H and O–H groups in total. The summed E-state index contributed by atoms with van der Waals surface area (Å²) in [4.78, 5) is 4.00. The molecule has 0 radical (unpaired) electrons. The van der Waals surface area contributed by atoms with Crippen LogP contribution in [0, 0.1) is 0 Å². The van der Waals surface area contributed by atoms with Crippen LogP contribution in [0.15, 0.2) is 29.0 Å². The van der Waals surface area contributed by atoms with E-state index in [1.54, 1.807) is 0 Å². The molecule has 0 bridgehead atoms. The van der Waals surface area contributed by atoms with Gasteiger partial charge in [-0.2, -0.15) is 0 Å². The highest BCUT2D eigenvalue weighted by molar-refractivity contribution is 6.18. The van der Waals surface area contributed by atoms with Crippen LogP contribution in [0.4, 0.5) is 0 Å². The van der Waals surface area contributed by atoms with Gasteiger partial charge in [-0.25, -0.2) is 4.98 Å². The number of rotatable bonds is 2. The average Bonchev–Trinajstić information content (AvgIpc) is 2.63. The third kappa shape index (κ3) is 1.53. The fourth-order valence-corrected chi connectivity index (χ4v) is 1.37. The standard InChI is InChI=1S/C9H9ClN2O/c10-4-7(11)6-1-2-8-9(3-6)13-5-12-8/h1-3,5,7H,4,11H2. The molecule has 0 aliphatic heterocycles. The van der Waals surface area contributed by atoms with Crippen LogP contribution in [0.2, 0.25) is 0 Å². The Hall–Kier alpha value is -1.06. The van der Waals surface area contributed by atoms with Crippen LogP contribution in [0.1, 0.15) is 11.6 Å². The molecule has 0 saturated heterocycles. The summed E-state index contributed by atoms with van der Waals surface area (Å²) in [5.74, 6) is 0.402. The van der Waals surface area contributed by atoms with Gasteiger partial charge in [0.2, 0.25) is 0 Å². The molecule has 1 unspecified atom stereocenters. The van der Waals surface area contributed by atoms with Crippen molar-refractivity contribution >= 4 is 22.7 Å². The van der Waals surface area contributed by atoms with Crippen LogP contribution in [0.25, 0.3) is 11.1 Å². The molecular weight excluding hydrogens is 188 g/mol. The second-order valence-electron chi connectivity index (χ2n) is 2.84. The van der Waals surface area contributed by atoms with E-state index in [0.717, 1.165) is 16.7 Å². The first kappa shape index (κ1) is 8.53. The highest BCUT2D eigenvalue weighted by Crippen LogP contribution is 2.18. The molecule has 0 amide bonds. The summed E-state index contributed by atoms with van der Waals surface area (Å²) in [5.41, 5.74) is 8.32. The molecule has 3 nitrogen and oxygen atoms in total. The van der Waals surface area contributed by atoms with E-state index < -0.39 is 0 Å². The number of benzene rings is 1. The Morgan fingerprint density at radius 3 is 3.15 bits per heavy atom. The van der Waals surface area contributed by atoms with Crippen molar-refractivity contribution in [1.82, 2.24) is 4.98 Å². The number of fused-ring (bicyclic) bond motifs is 1. The Bertz CT molecular complexity index is 413. The van der Waals surface area contributed by atoms with E-state index in [1.807, 2.05) is 18.2 Å². The predicted molar refractivity (Wildman–Crippen MR) is 51.7 cm³/mol. The van der Waals surface area contributed by atoms with Crippen molar-refractivity contribution in [3.05, 3.63) is 30.2 Å². The van der Waals surface area contributed by atoms with Gasteiger partial charge >= 0.3 is 0 Å². The van der Waals surface area contributed by atoms with E-state index in [9.17, 15) is 0 Å². The molecule has 0 fully saturated rings. The average molecular weight is 197 g/mol. The number of alkyl halides is 1. The van der Waals surface area contributed by atoms with Gasteiger partial charge in [0, 0.05) is 11.9 Å². The topological polar surface area (TPSA) is 52.0 Å². The van der Waals surface area contributed by atoms with Crippen molar-refractivity contribution in [1.29, 1.82) is 0 Å². The lowest BCUT2D eigenvalue weighted by atomic mass is 10.1. The first-order valence-electron chi connectivity index (χ1n) is 3.96. The lowest BCUT2D eigenvalue weighted by Gasteiger charge is -2.06. The first-order valence-corrected chi connectivity index (χ1v) is 4.49. The molecule has 2 aromatic rings. The van der Waals surface area contributed by atoms with Crippen molar-refractivity contribution < 1.29 is 4.42 Å². The summed E-state index contributed by atoms with van der Waals surface area (Å²) in [6, 6.07) is 5.52. The molecule has 4 heteroatoms. The van der Waals surface area contributed by atoms with Gasteiger partial charge < -0.3 is 10.2 Å². The van der Waals surface area contributed by atoms with Gasteiger partial charge in [0.25, 0.3) is 0 Å².